The standard InChI is InChI=1S/C24H28N4O7S3/c1-6-34-22(30)19-15(4)20(23(31)35-7-2)37-21(19)25-18(29)12-36-24-27-26-17(28(24)5)13-38(32,33)16-10-8-14(3)9-11-16/h8-11H,6-7,12-13H2,1-5H3,(H,25,29). The molecule has 1 N–H and O–H groups in total. The van der Waals surface area contributed by atoms with Gasteiger partial charge >= 0.3 is 11.9 Å². The van der Waals surface area contributed by atoms with Gasteiger partial charge in [0.05, 0.1) is 29.4 Å². The smallest absolute Gasteiger partial charge is 0.348 e. The molecule has 1 aromatic carbocycles. The Hall–Kier alpha value is -3.23. The van der Waals surface area contributed by atoms with Crippen molar-refractivity contribution in [2.24, 2.45) is 7.05 Å². The predicted octanol–water partition coefficient (Wildman–Crippen LogP) is 3.55. The van der Waals surface area contributed by atoms with E-state index in [1.165, 1.54) is 4.57 Å². The lowest BCUT2D eigenvalue weighted by Gasteiger charge is -2.07. The average Bonchev–Trinajstić information content (AvgIpc) is 3.36. The first-order valence-corrected chi connectivity index (χ1v) is 15.0. The minimum atomic E-state index is -3.63. The van der Waals surface area contributed by atoms with Crippen molar-refractivity contribution < 1.29 is 32.3 Å². The van der Waals surface area contributed by atoms with Gasteiger partial charge in [-0.3, -0.25) is 4.79 Å². The second kappa shape index (κ2) is 12.5. The van der Waals surface area contributed by atoms with Crippen LogP contribution in [0.1, 0.15) is 50.8 Å². The van der Waals surface area contributed by atoms with Gasteiger partial charge < -0.3 is 19.4 Å². The summed E-state index contributed by atoms with van der Waals surface area (Å²) in [6.45, 7) is 7.07. The van der Waals surface area contributed by atoms with E-state index in [0.29, 0.717) is 10.7 Å². The number of aromatic nitrogens is 3. The van der Waals surface area contributed by atoms with Crippen molar-refractivity contribution in [3.05, 3.63) is 51.7 Å². The number of hydrogen-bond donors (Lipinski definition) is 1. The second-order valence-corrected chi connectivity index (χ2v) is 12.0. The highest BCUT2D eigenvalue weighted by atomic mass is 32.2. The van der Waals surface area contributed by atoms with Gasteiger partial charge in [-0.25, -0.2) is 18.0 Å². The fraction of sp³-hybridized carbons (Fsp3) is 0.375. The summed E-state index contributed by atoms with van der Waals surface area (Å²) in [4.78, 5) is 38.0. The number of sulfone groups is 1. The lowest BCUT2D eigenvalue weighted by atomic mass is 10.1. The normalized spacial score (nSPS) is 11.3. The Labute approximate surface area is 228 Å². The molecular weight excluding hydrogens is 552 g/mol. The summed E-state index contributed by atoms with van der Waals surface area (Å²) in [6, 6.07) is 6.54. The fourth-order valence-corrected chi connectivity index (χ4v) is 6.47. The molecule has 0 unspecified atom stereocenters. The molecule has 38 heavy (non-hydrogen) atoms. The molecule has 0 atom stereocenters. The molecule has 2 aromatic heterocycles. The molecule has 14 heteroatoms. The number of carbonyl (C=O) groups is 3. The molecule has 1 amide bonds. The number of nitrogens with one attached hydrogen (secondary N) is 1. The molecule has 0 radical (unpaired) electrons. The molecule has 0 bridgehead atoms. The molecule has 0 aliphatic heterocycles. The third-order valence-corrected chi connectivity index (χ3v) is 9.13. The van der Waals surface area contributed by atoms with Crippen LogP contribution in [0.5, 0.6) is 0 Å². The van der Waals surface area contributed by atoms with Gasteiger partial charge in [0.2, 0.25) is 5.91 Å². The topological polar surface area (TPSA) is 147 Å². The number of aryl methyl sites for hydroxylation is 1. The van der Waals surface area contributed by atoms with Crippen molar-refractivity contribution >= 4 is 55.8 Å². The van der Waals surface area contributed by atoms with Crippen LogP contribution in [-0.4, -0.2) is 60.0 Å². The molecule has 0 spiro atoms. The van der Waals surface area contributed by atoms with E-state index < -0.39 is 27.7 Å². The van der Waals surface area contributed by atoms with Gasteiger partial charge in [-0.05, 0) is 45.4 Å². The van der Waals surface area contributed by atoms with E-state index in [9.17, 15) is 22.8 Å². The molecular formula is C24H28N4O7S3. The zero-order valence-electron chi connectivity index (χ0n) is 21.6. The maximum absolute atomic E-state index is 12.8. The second-order valence-electron chi connectivity index (χ2n) is 8.07. The van der Waals surface area contributed by atoms with E-state index in [0.717, 1.165) is 28.7 Å². The summed E-state index contributed by atoms with van der Waals surface area (Å²) in [5, 5.41) is 11.2. The molecule has 204 valence electrons. The predicted molar refractivity (Wildman–Crippen MR) is 143 cm³/mol. The molecule has 0 aliphatic rings. The average molecular weight is 581 g/mol. The van der Waals surface area contributed by atoms with Crippen molar-refractivity contribution in [2.75, 3.05) is 24.3 Å². The van der Waals surface area contributed by atoms with Crippen LogP contribution in [0.2, 0.25) is 0 Å². The number of amides is 1. The van der Waals surface area contributed by atoms with E-state index in [1.807, 2.05) is 6.92 Å². The van der Waals surface area contributed by atoms with Gasteiger partial charge in [-0.1, -0.05) is 29.5 Å². The van der Waals surface area contributed by atoms with Crippen molar-refractivity contribution in [1.82, 2.24) is 14.8 Å². The minimum Gasteiger partial charge on any atom is -0.462 e. The number of thioether (sulfide) groups is 1. The number of ether oxygens (including phenoxy) is 2. The quantitative estimate of drug-likeness (QED) is 0.264. The van der Waals surface area contributed by atoms with Crippen molar-refractivity contribution in [2.45, 2.75) is 43.5 Å². The van der Waals surface area contributed by atoms with Gasteiger partial charge in [0, 0.05) is 7.05 Å². The summed E-state index contributed by atoms with van der Waals surface area (Å²) in [7, 11) is -2.02. The van der Waals surface area contributed by atoms with Gasteiger partial charge in [0.25, 0.3) is 0 Å². The van der Waals surface area contributed by atoms with Gasteiger partial charge in [0.1, 0.15) is 21.5 Å². The van der Waals surface area contributed by atoms with Crippen LogP contribution in [-0.2, 0) is 36.9 Å². The number of thiophene rings is 1. The highest BCUT2D eigenvalue weighted by Crippen LogP contribution is 2.34. The van der Waals surface area contributed by atoms with Crippen molar-refractivity contribution in [3.8, 4) is 0 Å². The Bertz CT molecular complexity index is 1440. The maximum atomic E-state index is 12.8. The summed E-state index contributed by atoms with van der Waals surface area (Å²) in [5.41, 5.74) is 1.41. The Morgan fingerprint density at radius 3 is 2.29 bits per heavy atom. The third-order valence-electron chi connectivity index (χ3n) is 5.30. The zero-order valence-corrected chi connectivity index (χ0v) is 24.0. The summed E-state index contributed by atoms with van der Waals surface area (Å²) in [6.07, 6.45) is 0. The largest absolute Gasteiger partial charge is 0.462 e. The highest BCUT2D eigenvalue weighted by molar-refractivity contribution is 7.99. The van der Waals surface area contributed by atoms with E-state index in [1.54, 1.807) is 52.1 Å². The Kier molecular flexibility index (Phi) is 9.68. The Morgan fingerprint density at radius 1 is 1.03 bits per heavy atom. The first kappa shape index (κ1) is 29.3. The lowest BCUT2D eigenvalue weighted by molar-refractivity contribution is -0.113. The number of benzene rings is 1. The number of anilines is 1. The van der Waals surface area contributed by atoms with Crippen LogP contribution in [0.25, 0.3) is 0 Å². The van der Waals surface area contributed by atoms with E-state index in [2.05, 4.69) is 15.5 Å². The number of nitrogens with zero attached hydrogens (tertiary/aromatic N) is 3. The monoisotopic (exact) mass is 580 g/mol. The summed E-state index contributed by atoms with van der Waals surface area (Å²) in [5.74, 6) is -1.94. The molecule has 0 aliphatic carbocycles. The molecule has 11 nitrogen and oxygen atoms in total. The number of carbonyl (C=O) groups excluding carboxylic acids is 3. The van der Waals surface area contributed by atoms with Crippen LogP contribution < -0.4 is 5.32 Å². The van der Waals surface area contributed by atoms with E-state index >= 15 is 0 Å². The lowest BCUT2D eigenvalue weighted by Crippen LogP contribution is -2.17. The molecule has 3 aromatic rings. The van der Waals surface area contributed by atoms with Gasteiger partial charge in [-0.2, -0.15) is 0 Å². The van der Waals surface area contributed by atoms with Gasteiger partial charge in [-0.15, -0.1) is 21.5 Å². The molecule has 0 saturated heterocycles. The van der Waals surface area contributed by atoms with Crippen molar-refractivity contribution in [3.63, 3.8) is 0 Å². The van der Waals surface area contributed by atoms with E-state index in [4.69, 9.17) is 9.47 Å². The minimum absolute atomic E-state index is 0.0977. The molecule has 3 rings (SSSR count). The zero-order chi connectivity index (χ0) is 28.0. The Balaban J connectivity index is 1.72. The van der Waals surface area contributed by atoms with Gasteiger partial charge in [0.15, 0.2) is 15.0 Å². The molecule has 0 saturated carbocycles. The fourth-order valence-electron chi connectivity index (χ4n) is 3.33. The third kappa shape index (κ3) is 6.79. The number of rotatable bonds is 11. The molecule has 0 fully saturated rings. The van der Waals surface area contributed by atoms with Crippen LogP contribution >= 0.6 is 23.1 Å². The summed E-state index contributed by atoms with van der Waals surface area (Å²) < 4.78 is 37.2. The highest BCUT2D eigenvalue weighted by Gasteiger charge is 2.27. The van der Waals surface area contributed by atoms with E-state index in [-0.39, 0.29) is 50.9 Å². The Morgan fingerprint density at radius 2 is 1.66 bits per heavy atom. The summed E-state index contributed by atoms with van der Waals surface area (Å²) >= 11 is 1.98. The van der Waals surface area contributed by atoms with Crippen LogP contribution in [0.3, 0.4) is 0 Å². The van der Waals surface area contributed by atoms with Crippen LogP contribution in [0.15, 0.2) is 34.3 Å². The van der Waals surface area contributed by atoms with Crippen molar-refractivity contribution in [1.29, 1.82) is 0 Å². The maximum Gasteiger partial charge on any atom is 0.348 e. The molecule has 2 heterocycles. The SMILES string of the molecule is CCOC(=O)c1sc(NC(=O)CSc2nnc(CS(=O)(=O)c3ccc(C)cc3)n2C)c(C(=O)OCC)c1C. The number of hydrogen-bond acceptors (Lipinski definition) is 11. The van der Waals surface area contributed by atoms with Crippen LogP contribution in [0.4, 0.5) is 5.00 Å². The van der Waals surface area contributed by atoms with Crippen LogP contribution in [0, 0.1) is 13.8 Å². The first-order valence-electron chi connectivity index (χ1n) is 11.6. The number of esters is 2. The first-order chi connectivity index (χ1) is 18.0.